The Balaban J connectivity index is 1.72. The van der Waals surface area contributed by atoms with Gasteiger partial charge in [-0.15, -0.1) is 11.3 Å². The van der Waals surface area contributed by atoms with Crippen molar-refractivity contribution >= 4 is 43.4 Å². The molecule has 0 radical (unpaired) electrons. The minimum Gasteiger partial charge on any atom is -0.315 e. The number of hydrogen-bond acceptors (Lipinski definition) is 5. The highest BCUT2D eigenvalue weighted by atomic mass is 32.2. The van der Waals surface area contributed by atoms with Crippen molar-refractivity contribution in [3.63, 3.8) is 0 Å². The summed E-state index contributed by atoms with van der Waals surface area (Å²) in [5, 5.41) is 6.13. The van der Waals surface area contributed by atoms with Crippen molar-refractivity contribution in [2.45, 2.75) is 19.8 Å². The molecule has 0 aliphatic carbocycles. The average Bonchev–Trinajstić information content (AvgIpc) is 2.91. The van der Waals surface area contributed by atoms with E-state index in [4.69, 9.17) is 5.14 Å². The van der Waals surface area contributed by atoms with Crippen LogP contribution < -0.4 is 10.0 Å². The number of piperidine rings is 1. The molecule has 1 saturated heterocycles. The highest BCUT2D eigenvalue weighted by Crippen LogP contribution is 2.28. The fraction of sp³-hybridized carbons (Fsp3) is 0.467. The highest BCUT2D eigenvalue weighted by Gasteiger charge is 2.31. The SMILES string of the molecule is Cc1nc2ccc(N(C)C(=O)C3CCN(S(N)(=O)=O)CC3)cc2s1. The molecule has 130 valence electrons. The lowest BCUT2D eigenvalue weighted by Gasteiger charge is -2.31. The molecule has 0 bridgehead atoms. The summed E-state index contributed by atoms with van der Waals surface area (Å²) in [6.45, 7) is 2.53. The minimum atomic E-state index is -3.67. The molecule has 2 heterocycles. The van der Waals surface area contributed by atoms with Crippen LogP contribution in [-0.2, 0) is 15.0 Å². The van der Waals surface area contributed by atoms with Gasteiger partial charge < -0.3 is 4.90 Å². The zero-order chi connectivity index (χ0) is 17.5. The first-order valence-electron chi connectivity index (χ1n) is 7.68. The van der Waals surface area contributed by atoms with Gasteiger partial charge in [-0.25, -0.2) is 10.1 Å². The summed E-state index contributed by atoms with van der Waals surface area (Å²) in [6, 6.07) is 5.78. The van der Waals surface area contributed by atoms with E-state index in [1.165, 1.54) is 4.31 Å². The van der Waals surface area contributed by atoms with Gasteiger partial charge >= 0.3 is 0 Å². The number of hydrogen-bond donors (Lipinski definition) is 1. The van der Waals surface area contributed by atoms with E-state index in [2.05, 4.69) is 4.98 Å². The van der Waals surface area contributed by atoms with Gasteiger partial charge in [0, 0.05) is 31.7 Å². The van der Waals surface area contributed by atoms with Crippen LogP contribution in [0.25, 0.3) is 10.2 Å². The quantitative estimate of drug-likeness (QED) is 0.887. The Hall–Kier alpha value is -1.55. The van der Waals surface area contributed by atoms with Gasteiger partial charge in [-0.05, 0) is 38.0 Å². The number of anilines is 1. The molecule has 1 aliphatic rings. The van der Waals surface area contributed by atoms with Gasteiger partial charge in [0.25, 0.3) is 10.2 Å². The van der Waals surface area contributed by atoms with Crippen LogP contribution in [0.15, 0.2) is 18.2 Å². The van der Waals surface area contributed by atoms with E-state index in [1.807, 2.05) is 25.1 Å². The maximum atomic E-state index is 12.7. The van der Waals surface area contributed by atoms with E-state index in [-0.39, 0.29) is 24.9 Å². The molecule has 0 unspecified atom stereocenters. The molecule has 1 amide bonds. The van der Waals surface area contributed by atoms with E-state index >= 15 is 0 Å². The topological polar surface area (TPSA) is 96.6 Å². The maximum absolute atomic E-state index is 12.7. The van der Waals surface area contributed by atoms with Crippen LogP contribution in [0.2, 0.25) is 0 Å². The number of aryl methyl sites for hydroxylation is 1. The van der Waals surface area contributed by atoms with Crippen LogP contribution in [0.5, 0.6) is 0 Å². The predicted molar refractivity (Wildman–Crippen MR) is 95.2 cm³/mol. The van der Waals surface area contributed by atoms with E-state index in [0.717, 1.165) is 20.9 Å². The van der Waals surface area contributed by atoms with Crippen molar-refractivity contribution in [2.24, 2.45) is 11.1 Å². The molecule has 24 heavy (non-hydrogen) atoms. The summed E-state index contributed by atoms with van der Waals surface area (Å²) >= 11 is 1.60. The number of nitrogens with two attached hydrogens (primary N) is 1. The second-order valence-corrected chi connectivity index (χ2v) is 8.78. The summed E-state index contributed by atoms with van der Waals surface area (Å²) < 4.78 is 25.0. The number of amides is 1. The van der Waals surface area contributed by atoms with Gasteiger partial charge in [-0.1, -0.05) is 0 Å². The van der Waals surface area contributed by atoms with Crippen molar-refractivity contribution in [2.75, 3.05) is 25.0 Å². The second-order valence-electron chi connectivity index (χ2n) is 6.00. The highest BCUT2D eigenvalue weighted by molar-refractivity contribution is 7.86. The van der Waals surface area contributed by atoms with E-state index in [9.17, 15) is 13.2 Å². The number of aromatic nitrogens is 1. The summed E-state index contributed by atoms with van der Waals surface area (Å²) in [6.07, 6.45) is 0.975. The number of benzene rings is 1. The Morgan fingerprint density at radius 2 is 2.04 bits per heavy atom. The number of fused-ring (bicyclic) bond motifs is 1. The molecule has 0 saturated carbocycles. The molecule has 1 aromatic carbocycles. The molecule has 2 aromatic rings. The Bertz CT molecular complexity index is 870. The van der Waals surface area contributed by atoms with Gasteiger partial charge in [0.15, 0.2) is 0 Å². The standard InChI is InChI=1S/C15H20N4O3S2/c1-10-17-13-4-3-12(9-14(13)23-10)18(2)15(20)11-5-7-19(8-6-11)24(16,21)22/h3-4,9,11H,5-8H2,1-2H3,(H2,16,21,22). The number of carbonyl (C=O) groups is 1. The summed E-state index contributed by atoms with van der Waals surface area (Å²) in [4.78, 5) is 18.8. The van der Waals surface area contributed by atoms with Crippen molar-refractivity contribution in [1.82, 2.24) is 9.29 Å². The molecule has 0 atom stereocenters. The lowest BCUT2D eigenvalue weighted by Crippen LogP contribution is -2.45. The Morgan fingerprint density at radius 3 is 2.67 bits per heavy atom. The normalized spacial score (nSPS) is 17.3. The fourth-order valence-electron chi connectivity index (χ4n) is 3.00. The monoisotopic (exact) mass is 368 g/mol. The van der Waals surface area contributed by atoms with Crippen LogP contribution >= 0.6 is 11.3 Å². The lowest BCUT2D eigenvalue weighted by molar-refractivity contribution is -0.123. The first kappa shape index (κ1) is 17.3. The first-order chi connectivity index (χ1) is 11.3. The molecule has 2 N–H and O–H groups in total. The predicted octanol–water partition coefficient (Wildman–Crippen LogP) is 1.48. The smallest absolute Gasteiger partial charge is 0.276 e. The molecule has 9 heteroatoms. The van der Waals surface area contributed by atoms with Gasteiger partial charge in [0.1, 0.15) is 0 Å². The van der Waals surface area contributed by atoms with Crippen LogP contribution in [-0.4, -0.2) is 43.8 Å². The largest absolute Gasteiger partial charge is 0.315 e. The molecule has 3 rings (SSSR count). The van der Waals surface area contributed by atoms with Crippen molar-refractivity contribution in [1.29, 1.82) is 0 Å². The van der Waals surface area contributed by atoms with E-state index in [0.29, 0.717) is 12.8 Å². The Kier molecular flexibility index (Phi) is 4.60. The number of rotatable bonds is 3. The zero-order valence-electron chi connectivity index (χ0n) is 13.6. The molecule has 1 aliphatic heterocycles. The van der Waals surface area contributed by atoms with Crippen molar-refractivity contribution in [3.8, 4) is 0 Å². The average molecular weight is 368 g/mol. The van der Waals surface area contributed by atoms with Gasteiger partial charge in [0.2, 0.25) is 5.91 Å². The van der Waals surface area contributed by atoms with Gasteiger partial charge in [-0.2, -0.15) is 12.7 Å². The molecule has 0 spiro atoms. The minimum absolute atomic E-state index is 0.00431. The van der Waals surface area contributed by atoms with Crippen LogP contribution in [0, 0.1) is 12.8 Å². The third kappa shape index (κ3) is 3.44. The van der Waals surface area contributed by atoms with E-state index < -0.39 is 10.2 Å². The summed E-state index contributed by atoms with van der Waals surface area (Å²) in [5.41, 5.74) is 1.76. The molecule has 1 aromatic heterocycles. The third-order valence-electron chi connectivity index (χ3n) is 4.36. The summed E-state index contributed by atoms with van der Waals surface area (Å²) in [7, 11) is -1.91. The van der Waals surface area contributed by atoms with Gasteiger partial charge in [-0.3, -0.25) is 4.79 Å². The molecular formula is C15H20N4O3S2. The lowest BCUT2D eigenvalue weighted by atomic mass is 9.96. The van der Waals surface area contributed by atoms with Crippen molar-refractivity contribution < 1.29 is 13.2 Å². The number of thiazole rings is 1. The van der Waals surface area contributed by atoms with Crippen LogP contribution in [0.1, 0.15) is 17.8 Å². The van der Waals surface area contributed by atoms with Crippen LogP contribution in [0.3, 0.4) is 0 Å². The maximum Gasteiger partial charge on any atom is 0.276 e. The molecule has 1 fully saturated rings. The third-order valence-corrected chi connectivity index (χ3v) is 6.38. The Morgan fingerprint density at radius 1 is 1.38 bits per heavy atom. The first-order valence-corrected chi connectivity index (χ1v) is 10.0. The Labute approximate surface area is 145 Å². The van der Waals surface area contributed by atoms with Gasteiger partial charge in [0.05, 0.1) is 15.2 Å². The number of carbonyl (C=O) groups excluding carboxylic acids is 1. The second kappa shape index (κ2) is 6.40. The number of nitrogens with zero attached hydrogens (tertiary/aromatic N) is 3. The zero-order valence-corrected chi connectivity index (χ0v) is 15.2. The van der Waals surface area contributed by atoms with Crippen molar-refractivity contribution in [3.05, 3.63) is 23.2 Å². The van der Waals surface area contributed by atoms with Crippen LogP contribution in [0.4, 0.5) is 5.69 Å². The summed E-state index contributed by atoms with van der Waals surface area (Å²) in [5.74, 6) is -0.184. The van der Waals surface area contributed by atoms with E-state index in [1.54, 1.807) is 23.3 Å². The molecule has 7 nitrogen and oxygen atoms in total. The fourth-order valence-corrected chi connectivity index (χ4v) is 4.58. The molecular weight excluding hydrogens is 348 g/mol.